The number of aryl methyl sites for hydroxylation is 1. The summed E-state index contributed by atoms with van der Waals surface area (Å²) in [5, 5.41) is 14.1. The van der Waals surface area contributed by atoms with E-state index in [0.29, 0.717) is 30.5 Å². The fourth-order valence-corrected chi connectivity index (χ4v) is 9.20. The van der Waals surface area contributed by atoms with E-state index in [2.05, 4.69) is 21.2 Å². The van der Waals surface area contributed by atoms with Gasteiger partial charge in [0.15, 0.2) is 0 Å². The summed E-state index contributed by atoms with van der Waals surface area (Å²) in [6.45, 7) is 5.21. The van der Waals surface area contributed by atoms with Gasteiger partial charge in [-0.05, 0) is 113 Å². The molecule has 0 amide bonds. The van der Waals surface area contributed by atoms with E-state index in [0.717, 1.165) is 51.0 Å². The number of aromatic hydroxyl groups is 1. The number of ether oxygens (including phenoxy) is 1. The third-order valence-corrected chi connectivity index (χ3v) is 11.1. The Kier molecular flexibility index (Phi) is 5.45. The molecule has 7 nitrogen and oxygen atoms in total. The van der Waals surface area contributed by atoms with Crippen LogP contribution in [-0.2, 0) is 24.7 Å². The number of phenolic OH excluding ortho intramolecular Hbond substituents is 1. The van der Waals surface area contributed by atoms with Gasteiger partial charge in [-0.2, -0.15) is 9.97 Å². The normalized spacial score (nSPS) is 31.3. The van der Waals surface area contributed by atoms with Crippen molar-refractivity contribution in [2.75, 3.05) is 37.7 Å². The molecule has 2 aliphatic carbocycles. The maximum atomic E-state index is 10.4. The zero-order valence-corrected chi connectivity index (χ0v) is 22.6. The molecule has 1 spiro atoms. The van der Waals surface area contributed by atoms with Gasteiger partial charge in [-0.15, -0.1) is 0 Å². The van der Waals surface area contributed by atoms with E-state index in [9.17, 15) is 5.11 Å². The fourth-order valence-electron chi connectivity index (χ4n) is 9.20. The molecule has 1 aromatic heterocycles. The number of piperazine rings is 1. The van der Waals surface area contributed by atoms with E-state index >= 15 is 0 Å². The number of hydrogen-bond donors (Lipinski definition) is 2. The third-order valence-electron chi connectivity index (χ3n) is 11.1. The molecule has 5 heterocycles. The lowest BCUT2D eigenvalue weighted by Crippen LogP contribution is -2.53. The van der Waals surface area contributed by atoms with Gasteiger partial charge in [0.2, 0.25) is 0 Å². The van der Waals surface area contributed by atoms with Crippen molar-refractivity contribution < 1.29 is 9.84 Å². The van der Waals surface area contributed by atoms with Crippen LogP contribution in [0.4, 0.5) is 5.82 Å². The highest BCUT2D eigenvalue weighted by molar-refractivity contribution is 5.56. The molecule has 7 heteroatoms. The third kappa shape index (κ3) is 3.60. The van der Waals surface area contributed by atoms with Crippen LogP contribution in [0.1, 0.15) is 80.2 Å². The summed E-state index contributed by atoms with van der Waals surface area (Å²) >= 11 is 0. The molecule has 3 atom stereocenters. The highest BCUT2D eigenvalue weighted by Gasteiger charge is 2.46. The minimum Gasteiger partial charge on any atom is -0.508 e. The zero-order valence-electron chi connectivity index (χ0n) is 22.6. The number of rotatable bonds is 4. The average molecular weight is 516 g/mol. The molecule has 6 aliphatic rings. The lowest BCUT2D eigenvalue weighted by atomic mass is 9.62. The first-order valence-corrected chi connectivity index (χ1v) is 15.2. The quantitative estimate of drug-likeness (QED) is 0.640. The van der Waals surface area contributed by atoms with E-state index in [1.54, 1.807) is 0 Å². The molecule has 1 unspecified atom stereocenters. The second-order valence-corrected chi connectivity index (χ2v) is 13.1. The number of benzene rings is 1. The summed E-state index contributed by atoms with van der Waals surface area (Å²) in [4.78, 5) is 15.7. The maximum Gasteiger partial charge on any atom is 0.318 e. The van der Waals surface area contributed by atoms with E-state index in [-0.39, 0.29) is 11.0 Å². The first-order valence-electron chi connectivity index (χ1n) is 15.2. The van der Waals surface area contributed by atoms with Crippen LogP contribution in [0.5, 0.6) is 11.8 Å². The monoisotopic (exact) mass is 515 g/mol. The highest BCUT2D eigenvalue weighted by Crippen LogP contribution is 2.49. The Bertz CT molecular complexity index is 1220. The minimum absolute atomic E-state index is 0.0526. The standard InChI is InChI=1S/C31H41N5O2/c37-24-8-5-21-4-1-10-30(26(21)16-24)13-9-25-27(17-30)33-29(38-20-31-11-2-14-35(31)15-3-12-31)34-28(25)36-22-6-7-23(36)19-32-18-22/h5,8,16,22-23,32,37H,1-4,6-7,9-15,17-20H2/t22-,23+,30?. The molecule has 4 aliphatic heterocycles. The Morgan fingerprint density at radius 3 is 2.61 bits per heavy atom. The zero-order chi connectivity index (χ0) is 25.3. The van der Waals surface area contributed by atoms with Crippen molar-refractivity contribution in [3.63, 3.8) is 0 Å². The predicted molar refractivity (Wildman–Crippen MR) is 147 cm³/mol. The number of fused-ring (bicyclic) bond motifs is 6. The molecule has 38 heavy (non-hydrogen) atoms. The summed E-state index contributed by atoms with van der Waals surface area (Å²) < 4.78 is 6.60. The molecule has 4 fully saturated rings. The molecule has 4 saturated heterocycles. The van der Waals surface area contributed by atoms with Crippen LogP contribution in [0.2, 0.25) is 0 Å². The largest absolute Gasteiger partial charge is 0.508 e. The van der Waals surface area contributed by atoms with Crippen LogP contribution in [0, 0.1) is 0 Å². The van der Waals surface area contributed by atoms with Gasteiger partial charge in [0.05, 0.1) is 11.2 Å². The van der Waals surface area contributed by atoms with Crippen molar-refractivity contribution in [1.82, 2.24) is 20.2 Å². The Morgan fingerprint density at radius 1 is 0.974 bits per heavy atom. The number of anilines is 1. The summed E-state index contributed by atoms with van der Waals surface area (Å²) in [5.41, 5.74) is 5.55. The summed E-state index contributed by atoms with van der Waals surface area (Å²) in [6, 6.07) is 7.67. The van der Waals surface area contributed by atoms with Gasteiger partial charge in [-0.1, -0.05) is 6.07 Å². The van der Waals surface area contributed by atoms with Crippen molar-refractivity contribution in [3.8, 4) is 11.8 Å². The van der Waals surface area contributed by atoms with Gasteiger partial charge in [0.1, 0.15) is 18.2 Å². The number of hydrogen-bond acceptors (Lipinski definition) is 7. The number of nitrogens with zero attached hydrogens (tertiary/aromatic N) is 4. The van der Waals surface area contributed by atoms with Crippen molar-refractivity contribution in [2.24, 2.45) is 0 Å². The van der Waals surface area contributed by atoms with E-state index in [1.807, 2.05) is 12.1 Å². The van der Waals surface area contributed by atoms with Gasteiger partial charge >= 0.3 is 6.01 Å². The van der Waals surface area contributed by atoms with Crippen molar-refractivity contribution in [1.29, 1.82) is 0 Å². The molecular weight excluding hydrogens is 474 g/mol. The van der Waals surface area contributed by atoms with Crippen LogP contribution >= 0.6 is 0 Å². The van der Waals surface area contributed by atoms with E-state index < -0.39 is 0 Å². The second-order valence-electron chi connectivity index (χ2n) is 13.1. The fraction of sp³-hybridized carbons (Fsp3) is 0.677. The predicted octanol–water partition coefficient (Wildman–Crippen LogP) is 3.89. The summed E-state index contributed by atoms with van der Waals surface area (Å²) in [6.07, 6.45) is 14.0. The lowest BCUT2D eigenvalue weighted by molar-refractivity contribution is 0.107. The molecule has 0 radical (unpaired) electrons. The summed E-state index contributed by atoms with van der Waals surface area (Å²) in [7, 11) is 0. The van der Waals surface area contributed by atoms with Crippen molar-refractivity contribution in [3.05, 3.63) is 40.6 Å². The van der Waals surface area contributed by atoms with Crippen LogP contribution in [-0.4, -0.2) is 70.4 Å². The second kappa shape index (κ2) is 8.82. The Balaban J connectivity index is 1.18. The van der Waals surface area contributed by atoms with Crippen LogP contribution < -0.4 is 15.0 Å². The van der Waals surface area contributed by atoms with Crippen LogP contribution in [0.25, 0.3) is 0 Å². The van der Waals surface area contributed by atoms with Gasteiger partial charge in [0, 0.05) is 36.2 Å². The topological polar surface area (TPSA) is 73.8 Å². The Labute approximate surface area is 226 Å². The molecule has 2 bridgehead atoms. The number of nitrogens with one attached hydrogen (secondary N) is 1. The number of phenols is 1. The smallest absolute Gasteiger partial charge is 0.318 e. The van der Waals surface area contributed by atoms with Gasteiger partial charge in [0.25, 0.3) is 0 Å². The number of aromatic nitrogens is 2. The van der Waals surface area contributed by atoms with Crippen LogP contribution in [0.15, 0.2) is 18.2 Å². The SMILES string of the molecule is Oc1ccc2c(c1)C1(CCC2)CCc2c(nc(OCC34CCCN3CCC4)nc2N2[C@@H]3CC[C@H]2CNC3)C1. The molecule has 2 N–H and O–H groups in total. The maximum absolute atomic E-state index is 10.4. The molecule has 1 aromatic carbocycles. The Hall–Kier alpha value is -2.38. The van der Waals surface area contributed by atoms with Crippen molar-refractivity contribution >= 4 is 5.82 Å². The van der Waals surface area contributed by atoms with Crippen molar-refractivity contribution in [2.45, 2.75) is 100 Å². The molecule has 8 rings (SSSR count). The van der Waals surface area contributed by atoms with E-state index in [4.69, 9.17) is 14.7 Å². The minimum atomic E-state index is 0.0526. The van der Waals surface area contributed by atoms with E-state index in [1.165, 1.54) is 80.4 Å². The van der Waals surface area contributed by atoms with Gasteiger partial charge in [-0.3, -0.25) is 4.90 Å². The Morgan fingerprint density at radius 2 is 1.79 bits per heavy atom. The highest BCUT2D eigenvalue weighted by atomic mass is 16.5. The molecular formula is C31H41N5O2. The summed E-state index contributed by atoms with van der Waals surface area (Å²) in [5.74, 6) is 1.55. The van der Waals surface area contributed by atoms with Crippen LogP contribution in [0.3, 0.4) is 0 Å². The molecule has 202 valence electrons. The van der Waals surface area contributed by atoms with Gasteiger partial charge < -0.3 is 20.1 Å². The first-order chi connectivity index (χ1) is 18.6. The average Bonchev–Trinajstić information content (AvgIpc) is 3.58. The molecule has 2 aromatic rings. The van der Waals surface area contributed by atoms with Gasteiger partial charge in [-0.25, -0.2) is 0 Å². The lowest BCUT2D eigenvalue weighted by Gasteiger charge is -2.44. The first kappa shape index (κ1) is 23.5. The molecule has 0 saturated carbocycles.